The summed E-state index contributed by atoms with van der Waals surface area (Å²) in [6.07, 6.45) is 0. The third-order valence-corrected chi connectivity index (χ3v) is 5.12. The lowest BCUT2D eigenvalue weighted by Gasteiger charge is -2.16. The monoisotopic (exact) mass is 422 g/mol. The molecular formula is C22H19FN4O4. The molecule has 0 amide bonds. The molecule has 31 heavy (non-hydrogen) atoms. The van der Waals surface area contributed by atoms with Crippen molar-refractivity contribution in [1.82, 2.24) is 20.4 Å². The maximum atomic E-state index is 13.8. The van der Waals surface area contributed by atoms with E-state index in [0.717, 1.165) is 0 Å². The zero-order valence-electron chi connectivity index (χ0n) is 16.7. The number of carbonyl (C=O) groups excluding carboxylic acids is 1. The number of halogens is 1. The molecule has 4 rings (SSSR count). The molecule has 0 saturated carbocycles. The van der Waals surface area contributed by atoms with Gasteiger partial charge in [-0.25, -0.2) is 9.18 Å². The molecule has 0 fully saturated rings. The van der Waals surface area contributed by atoms with Gasteiger partial charge in [0.15, 0.2) is 0 Å². The van der Waals surface area contributed by atoms with E-state index in [9.17, 15) is 18.8 Å². The van der Waals surface area contributed by atoms with Gasteiger partial charge in [-0.1, -0.05) is 24.3 Å². The Hall–Kier alpha value is -4.14. The Bertz CT molecular complexity index is 1310. The molecule has 8 nitrogen and oxygen atoms in total. The van der Waals surface area contributed by atoms with Gasteiger partial charge >= 0.3 is 5.97 Å². The average molecular weight is 422 g/mol. The second-order valence-corrected chi connectivity index (χ2v) is 7.11. The summed E-state index contributed by atoms with van der Waals surface area (Å²) in [5.41, 5.74) is 1.82. The van der Waals surface area contributed by atoms with E-state index in [1.54, 1.807) is 32.0 Å². The number of H-pyrrole nitrogens is 4. The van der Waals surface area contributed by atoms with Gasteiger partial charge in [0.25, 0.3) is 11.1 Å². The first-order chi connectivity index (χ1) is 14.9. The van der Waals surface area contributed by atoms with Crippen LogP contribution in [0.1, 0.15) is 44.4 Å². The fourth-order valence-corrected chi connectivity index (χ4v) is 3.60. The Labute approximate surface area is 175 Å². The second-order valence-electron chi connectivity index (χ2n) is 7.11. The highest BCUT2D eigenvalue weighted by Crippen LogP contribution is 2.32. The van der Waals surface area contributed by atoms with Gasteiger partial charge in [0.1, 0.15) is 11.6 Å². The standard InChI is InChI=1S/C22H19FN4O4/c1-11-17(20(28)26-24-11)19(18-12(2)25-27-21(18)29)13-7-9-14(10-8-13)31-22(30)15-5-3-4-6-16(15)23/h3-10,19H,1-2H3,(H2,24,26,28)(H2,25,27,29). The van der Waals surface area contributed by atoms with Gasteiger partial charge in [0, 0.05) is 17.3 Å². The smallest absolute Gasteiger partial charge is 0.346 e. The van der Waals surface area contributed by atoms with Gasteiger partial charge in [-0.2, -0.15) is 0 Å². The summed E-state index contributed by atoms with van der Waals surface area (Å²) >= 11 is 0. The molecule has 4 aromatic rings. The molecule has 0 aliphatic heterocycles. The quantitative estimate of drug-likeness (QED) is 0.292. The van der Waals surface area contributed by atoms with Crippen molar-refractivity contribution in [3.63, 3.8) is 0 Å². The van der Waals surface area contributed by atoms with Crippen molar-refractivity contribution in [1.29, 1.82) is 0 Å². The maximum absolute atomic E-state index is 13.8. The van der Waals surface area contributed by atoms with Gasteiger partial charge in [-0.15, -0.1) is 0 Å². The highest BCUT2D eigenvalue weighted by molar-refractivity contribution is 5.91. The van der Waals surface area contributed by atoms with Crippen LogP contribution in [0.15, 0.2) is 58.1 Å². The number of benzene rings is 2. The molecule has 0 atom stereocenters. The Balaban J connectivity index is 1.71. The minimum absolute atomic E-state index is 0.173. The van der Waals surface area contributed by atoms with Crippen LogP contribution in [-0.4, -0.2) is 26.4 Å². The van der Waals surface area contributed by atoms with Crippen LogP contribution in [0, 0.1) is 19.7 Å². The summed E-state index contributed by atoms with van der Waals surface area (Å²) in [6.45, 7) is 3.47. The Morgan fingerprint density at radius 3 is 1.87 bits per heavy atom. The van der Waals surface area contributed by atoms with Crippen LogP contribution in [-0.2, 0) is 0 Å². The van der Waals surface area contributed by atoms with Crippen LogP contribution < -0.4 is 15.9 Å². The van der Waals surface area contributed by atoms with Crippen molar-refractivity contribution in [2.75, 3.05) is 0 Å². The molecule has 2 aromatic carbocycles. The summed E-state index contributed by atoms with van der Waals surface area (Å²) in [6, 6.07) is 11.9. The molecule has 0 spiro atoms. The molecule has 2 aromatic heterocycles. The predicted octanol–water partition coefficient (Wildman–Crippen LogP) is 2.87. The van der Waals surface area contributed by atoms with E-state index in [-0.39, 0.29) is 22.4 Å². The van der Waals surface area contributed by atoms with E-state index >= 15 is 0 Å². The van der Waals surface area contributed by atoms with E-state index in [1.165, 1.54) is 30.3 Å². The van der Waals surface area contributed by atoms with Crippen LogP contribution >= 0.6 is 0 Å². The normalized spacial score (nSPS) is 11.1. The lowest BCUT2D eigenvalue weighted by Crippen LogP contribution is -2.20. The SMILES string of the molecule is Cc1[nH][nH]c(=O)c1C(c1ccc(OC(=O)c2ccccc2F)cc1)c1c(C)[nH][nH]c1=O. The minimum atomic E-state index is -0.821. The van der Waals surface area contributed by atoms with Crippen LogP contribution in [0.3, 0.4) is 0 Å². The molecule has 0 saturated heterocycles. The molecule has 4 N–H and O–H groups in total. The number of carbonyl (C=O) groups is 1. The van der Waals surface area contributed by atoms with Crippen LogP contribution in [0.4, 0.5) is 4.39 Å². The van der Waals surface area contributed by atoms with Gasteiger partial charge in [-0.3, -0.25) is 19.8 Å². The molecule has 9 heteroatoms. The summed E-state index contributed by atoms with van der Waals surface area (Å²) in [5.74, 6) is -1.94. The first kappa shape index (κ1) is 20.1. The number of hydrogen-bond donors (Lipinski definition) is 4. The molecule has 0 radical (unpaired) electrons. The van der Waals surface area contributed by atoms with Crippen molar-refractivity contribution in [3.05, 3.63) is 109 Å². The Morgan fingerprint density at radius 2 is 1.39 bits per heavy atom. The van der Waals surface area contributed by atoms with Gasteiger partial charge in [0.05, 0.1) is 16.7 Å². The second kappa shape index (κ2) is 7.94. The topological polar surface area (TPSA) is 124 Å². The number of rotatable bonds is 5. The van der Waals surface area contributed by atoms with Crippen LogP contribution in [0.5, 0.6) is 5.75 Å². The van der Waals surface area contributed by atoms with Crippen molar-refractivity contribution in [2.45, 2.75) is 19.8 Å². The molecular weight excluding hydrogens is 403 g/mol. The fourth-order valence-electron chi connectivity index (χ4n) is 3.60. The molecule has 158 valence electrons. The van der Waals surface area contributed by atoms with Gasteiger partial charge in [0.2, 0.25) is 0 Å². The molecule has 0 aliphatic carbocycles. The molecule has 0 bridgehead atoms. The van der Waals surface area contributed by atoms with E-state index in [1.807, 2.05) is 0 Å². The van der Waals surface area contributed by atoms with Crippen molar-refractivity contribution >= 4 is 5.97 Å². The van der Waals surface area contributed by atoms with E-state index in [4.69, 9.17) is 4.74 Å². The highest BCUT2D eigenvalue weighted by atomic mass is 19.1. The van der Waals surface area contributed by atoms with Crippen molar-refractivity contribution < 1.29 is 13.9 Å². The average Bonchev–Trinajstić information content (AvgIpc) is 3.26. The first-order valence-electron chi connectivity index (χ1n) is 9.47. The number of aromatic amines is 4. The van der Waals surface area contributed by atoms with Crippen LogP contribution in [0.2, 0.25) is 0 Å². The fraction of sp³-hybridized carbons (Fsp3) is 0.136. The molecule has 0 unspecified atom stereocenters. The first-order valence-corrected chi connectivity index (χ1v) is 9.47. The number of esters is 1. The van der Waals surface area contributed by atoms with Crippen molar-refractivity contribution in [3.8, 4) is 5.75 Å². The van der Waals surface area contributed by atoms with Crippen LogP contribution in [0.25, 0.3) is 0 Å². The summed E-state index contributed by atoms with van der Waals surface area (Å²) in [5, 5.41) is 10.7. The maximum Gasteiger partial charge on any atom is 0.346 e. The van der Waals surface area contributed by atoms with Gasteiger partial charge in [-0.05, 0) is 43.7 Å². The zero-order valence-corrected chi connectivity index (χ0v) is 16.7. The van der Waals surface area contributed by atoms with E-state index < -0.39 is 17.7 Å². The third kappa shape index (κ3) is 3.73. The van der Waals surface area contributed by atoms with E-state index in [0.29, 0.717) is 28.1 Å². The van der Waals surface area contributed by atoms with E-state index in [2.05, 4.69) is 20.4 Å². The van der Waals surface area contributed by atoms with Crippen molar-refractivity contribution in [2.24, 2.45) is 0 Å². The lowest BCUT2D eigenvalue weighted by molar-refractivity contribution is 0.0730. The predicted molar refractivity (Wildman–Crippen MR) is 111 cm³/mol. The third-order valence-electron chi connectivity index (χ3n) is 5.12. The lowest BCUT2D eigenvalue weighted by atomic mass is 9.85. The summed E-state index contributed by atoms with van der Waals surface area (Å²) < 4.78 is 19.1. The zero-order chi connectivity index (χ0) is 22.1. The number of ether oxygens (including phenoxy) is 1. The summed E-state index contributed by atoms with van der Waals surface area (Å²) in [4.78, 5) is 37.2. The highest BCUT2D eigenvalue weighted by Gasteiger charge is 2.28. The number of nitrogens with one attached hydrogen (secondary N) is 4. The number of hydrogen-bond acceptors (Lipinski definition) is 4. The minimum Gasteiger partial charge on any atom is -0.423 e. The molecule has 2 heterocycles. The Morgan fingerprint density at radius 1 is 0.839 bits per heavy atom. The largest absolute Gasteiger partial charge is 0.423 e. The summed E-state index contributed by atoms with van der Waals surface area (Å²) in [7, 11) is 0. The Kier molecular flexibility index (Phi) is 5.16. The molecule has 0 aliphatic rings. The number of aromatic nitrogens is 4. The van der Waals surface area contributed by atoms with Gasteiger partial charge < -0.3 is 14.9 Å². The number of aryl methyl sites for hydroxylation is 2.